The van der Waals surface area contributed by atoms with Crippen molar-refractivity contribution in [2.75, 3.05) is 0 Å². The van der Waals surface area contributed by atoms with Crippen LogP contribution in [0.2, 0.25) is 0 Å². The minimum absolute atomic E-state index is 0. The van der Waals surface area contributed by atoms with Crippen molar-refractivity contribution >= 4 is 66.6 Å². The van der Waals surface area contributed by atoms with Crippen LogP contribution in [0.5, 0.6) is 0 Å². The molecule has 0 fully saturated rings. The van der Waals surface area contributed by atoms with Gasteiger partial charge in [0, 0.05) is 0 Å². The van der Waals surface area contributed by atoms with Gasteiger partial charge in [0.25, 0.3) is 0 Å². The molecule has 11 heteroatoms. The molecular formula is C6H23NaO6P2S2. The average molecular weight is 340 g/mol. The van der Waals surface area contributed by atoms with Gasteiger partial charge in [-0.3, -0.25) is 0 Å². The zero-order chi connectivity index (χ0) is 14.4. The summed E-state index contributed by atoms with van der Waals surface area (Å²) in [6.45, 7) is 0.889. The third kappa shape index (κ3) is 1100. The standard InChI is InChI=1S/2C3H8.Na.2H3O3PS.H/c2*1-3-2;;2*1-4(2,3)5;/h2*3H2,1-2H3;;2*(H3,1,2,3,5);. The van der Waals surface area contributed by atoms with Crippen molar-refractivity contribution in [3.05, 3.63) is 0 Å². The van der Waals surface area contributed by atoms with Gasteiger partial charge in [-0.25, -0.2) is 0 Å². The second-order valence-electron chi connectivity index (χ2n) is 2.44. The summed E-state index contributed by atoms with van der Waals surface area (Å²) in [4.78, 5) is 45.3. The molecule has 6 N–H and O–H groups in total. The maximum absolute atomic E-state index is 7.56. The topological polar surface area (TPSA) is 121 Å². The molecule has 17 heavy (non-hydrogen) atoms. The van der Waals surface area contributed by atoms with E-state index in [4.69, 9.17) is 29.4 Å². The Morgan fingerprint density at radius 3 is 0.647 bits per heavy atom. The molecule has 0 saturated carbocycles. The van der Waals surface area contributed by atoms with E-state index in [9.17, 15) is 0 Å². The first-order chi connectivity index (χ1) is 6.83. The van der Waals surface area contributed by atoms with Crippen LogP contribution in [0.15, 0.2) is 0 Å². The van der Waals surface area contributed by atoms with E-state index in [1.807, 2.05) is 0 Å². The van der Waals surface area contributed by atoms with E-state index in [2.05, 4.69) is 51.3 Å². The Morgan fingerprint density at radius 1 is 0.647 bits per heavy atom. The van der Waals surface area contributed by atoms with Gasteiger partial charge in [-0.1, -0.05) is 40.5 Å². The summed E-state index contributed by atoms with van der Waals surface area (Å²) < 4.78 is 0. The molecule has 0 spiro atoms. The first-order valence-electron chi connectivity index (χ1n) is 4.39. The molecule has 0 aliphatic heterocycles. The summed E-state index contributed by atoms with van der Waals surface area (Å²) in [6, 6.07) is 0. The van der Waals surface area contributed by atoms with Gasteiger partial charge in [0.2, 0.25) is 0 Å². The molecule has 0 saturated heterocycles. The molecule has 0 unspecified atom stereocenters. The van der Waals surface area contributed by atoms with Gasteiger partial charge in [-0.05, 0) is 23.6 Å². The van der Waals surface area contributed by atoms with Crippen molar-refractivity contribution in [2.45, 2.75) is 40.5 Å². The van der Waals surface area contributed by atoms with Gasteiger partial charge in [-0.2, -0.15) is 0 Å². The van der Waals surface area contributed by atoms with Crippen LogP contribution >= 0.6 is 13.4 Å². The number of hydrogen-bond acceptors (Lipinski definition) is 2. The van der Waals surface area contributed by atoms with Crippen molar-refractivity contribution in [2.24, 2.45) is 0 Å². The second-order valence-corrected chi connectivity index (χ2v) is 7.43. The molecule has 0 aromatic heterocycles. The molecule has 0 atom stereocenters. The Hall–Kier alpha value is 2.06. The van der Waals surface area contributed by atoms with E-state index in [0.717, 1.165) is 0 Å². The molecule has 0 aliphatic carbocycles. The Kier molecular flexibility index (Phi) is 37.7. The third-order valence-corrected chi connectivity index (χ3v) is 0. The first-order valence-corrected chi connectivity index (χ1v) is 9.71. The van der Waals surface area contributed by atoms with E-state index in [1.165, 1.54) is 12.8 Å². The van der Waals surface area contributed by atoms with Gasteiger partial charge in [0.05, 0.1) is 0 Å². The fourth-order valence-corrected chi connectivity index (χ4v) is 0. The predicted molar refractivity (Wildman–Crippen MR) is 81.0 cm³/mol. The number of rotatable bonds is 0. The van der Waals surface area contributed by atoms with Crippen LogP contribution in [0, 0.1) is 0 Å². The van der Waals surface area contributed by atoms with E-state index in [0.29, 0.717) is 0 Å². The summed E-state index contributed by atoms with van der Waals surface area (Å²) in [5, 5.41) is 0. The normalized spacial score (nSPS) is 9.06. The van der Waals surface area contributed by atoms with Gasteiger partial charge >= 0.3 is 43.0 Å². The van der Waals surface area contributed by atoms with Crippen molar-refractivity contribution in [1.29, 1.82) is 0 Å². The van der Waals surface area contributed by atoms with Crippen LogP contribution in [0.25, 0.3) is 0 Å². The Balaban J connectivity index is -0.0000000381. The van der Waals surface area contributed by atoms with Crippen LogP contribution in [-0.4, -0.2) is 58.9 Å². The van der Waals surface area contributed by atoms with E-state index < -0.39 is 13.4 Å². The van der Waals surface area contributed by atoms with Crippen LogP contribution in [0.4, 0.5) is 0 Å². The van der Waals surface area contributed by atoms with Crippen LogP contribution in [0.1, 0.15) is 40.5 Å². The molecule has 106 valence electrons. The number of hydrogen-bond donors (Lipinski definition) is 6. The fraction of sp³-hybridized carbons (Fsp3) is 1.00. The molecule has 0 rings (SSSR count). The minimum atomic E-state index is -3.81. The van der Waals surface area contributed by atoms with Crippen LogP contribution < -0.4 is 0 Å². The molecule has 0 heterocycles. The van der Waals surface area contributed by atoms with E-state index >= 15 is 0 Å². The maximum atomic E-state index is 7.56. The summed E-state index contributed by atoms with van der Waals surface area (Å²) in [6.07, 6.45) is 2.50. The Morgan fingerprint density at radius 2 is 0.647 bits per heavy atom. The van der Waals surface area contributed by atoms with Gasteiger partial charge in [0.15, 0.2) is 0 Å². The monoisotopic (exact) mass is 340 g/mol. The van der Waals surface area contributed by atoms with Gasteiger partial charge in [0.1, 0.15) is 0 Å². The molecular weight excluding hydrogens is 317 g/mol. The van der Waals surface area contributed by atoms with Crippen molar-refractivity contribution in [3.63, 3.8) is 0 Å². The Bertz CT molecular complexity index is 168. The fourth-order valence-electron chi connectivity index (χ4n) is 0. The molecule has 0 aliphatic rings. The SMILES string of the molecule is CCC.CCC.OP(O)(O)=S.OP(O)(O)=S.[NaH]. The molecule has 0 amide bonds. The summed E-state index contributed by atoms with van der Waals surface area (Å²) in [7, 11) is 0. The zero-order valence-corrected chi connectivity index (χ0v) is 13.2. The quantitative estimate of drug-likeness (QED) is 0.279. The van der Waals surface area contributed by atoms with Crippen molar-refractivity contribution < 1.29 is 29.4 Å². The molecule has 0 bridgehead atoms. The second kappa shape index (κ2) is 20.4. The van der Waals surface area contributed by atoms with Crippen LogP contribution in [0.3, 0.4) is 0 Å². The van der Waals surface area contributed by atoms with Crippen LogP contribution in [-0.2, 0) is 23.6 Å². The van der Waals surface area contributed by atoms with E-state index in [1.54, 1.807) is 0 Å². The predicted octanol–water partition coefficient (Wildman–Crippen LogP) is 0.560. The summed E-state index contributed by atoms with van der Waals surface area (Å²) in [5.74, 6) is 0. The van der Waals surface area contributed by atoms with Crippen molar-refractivity contribution in [1.82, 2.24) is 0 Å². The molecule has 0 aromatic rings. The summed E-state index contributed by atoms with van der Waals surface area (Å²) in [5.41, 5.74) is 0. The Labute approximate surface area is 136 Å². The molecule has 0 aromatic carbocycles. The van der Waals surface area contributed by atoms with E-state index in [-0.39, 0.29) is 29.6 Å². The average Bonchev–Trinajstić information content (AvgIpc) is 1.79. The first kappa shape index (κ1) is 31.4. The molecule has 0 radical (unpaired) electrons. The zero-order valence-electron chi connectivity index (χ0n) is 9.81. The van der Waals surface area contributed by atoms with Gasteiger partial charge < -0.3 is 29.4 Å². The summed E-state index contributed by atoms with van der Waals surface area (Å²) >= 11 is 7.21. The third-order valence-electron chi connectivity index (χ3n) is 0. The molecule has 6 nitrogen and oxygen atoms in total. The van der Waals surface area contributed by atoms with Crippen molar-refractivity contribution in [3.8, 4) is 0 Å². The van der Waals surface area contributed by atoms with Gasteiger partial charge in [-0.15, -0.1) is 0 Å².